The molecule has 3 heterocycles. The van der Waals surface area contributed by atoms with Crippen LogP contribution in [0.1, 0.15) is 61.0 Å². The smallest absolute Gasteiger partial charge is 0.263 e. The second-order valence-electron chi connectivity index (χ2n) is 10.4. The van der Waals surface area contributed by atoms with E-state index in [1.165, 1.54) is 16.7 Å². The first-order valence-electron chi connectivity index (χ1n) is 13.0. The van der Waals surface area contributed by atoms with Crippen molar-refractivity contribution in [2.24, 2.45) is 0 Å². The summed E-state index contributed by atoms with van der Waals surface area (Å²) in [6.45, 7) is 11.3. The van der Waals surface area contributed by atoms with Gasteiger partial charge in [-0.3, -0.25) is 0 Å². The van der Waals surface area contributed by atoms with E-state index in [1.54, 1.807) is 6.20 Å². The van der Waals surface area contributed by atoms with Gasteiger partial charge in [0.05, 0.1) is 11.6 Å². The van der Waals surface area contributed by atoms with Crippen molar-refractivity contribution in [3.8, 4) is 17.4 Å². The number of benzene rings is 2. The number of oxazole rings is 1. The summed E-state index contributed by atoms with van der Waals surface area (Å²) in [7, 11) is 0. The number of rotatable bonds is 8. The average Bonchev–Trinajstić information content (AvgIpc) is 3.53. The Balaban J connectivity index is 0.00000200. The van der Waals surface area contributed by atoms with E-state index in [2.05, 4.69) is 55.8 Å². The van der Waals surface area contributed by atoms with Crippen LogP contribution in [-0.4, -0.2) is 52.8 Å². The standard InChI is InChI=1S/C30H36N2O4.ClH.H2O/c1-19(2)29-16-31-30(36-29)28-15-25-26(6-5-7-27(25)35-28)34-18-24(33)17-32-12-10-22(11-13-32)23-9-8-20(3)21(4)14-23;;/h5-9,14-16,19,22,24,33H,10-13,17-18H2,1-4H3;1H;1H2/t24-;;/m0../s1. The molecule has 206 valence electrons. The van der Waals surface area contributed by atoms with Crippen LogP contribution in [0.25, 0.3) is 22.6 Å². The molecule has 38 heavy (non-hydrogen) atoms. The number of hydrogen-bond acceptors (Lipinski definition) is 6. The van der Waals surface area contributed by atoms with Gasteiger partial charge in [-0.25, -0.2) is 4.98 Å². The van der Waals surface area contributed by atoms with Crippen molar-refractivity contribution in [2.75, 3.05) is 26.2 Å². The second-order valence-corrected chi connectivity index (χ2v) is 10.4. The Labute approximate surface area is 230 Å². The lowest BCUT2D eigenvalue weighted by atomic mass is 9.88. The molecule has 1 saturated heterocycles. The van der Waals surface area contributed by atoms with Gasteiger partial charge in [0.25, 0.3) is 5.89 Å². The molecule has 0 spiro atoms. The van der Waals surface area contributed by atoms with Crippen LogP contribution in [-0.2, 0) is 0 Å². The zero-order chi connectivity index (χ0) is 25.2. The zero-order valence-corrected chi connectivity index (χ0v) is 23.4. The van der Waals surface area contributed by atoms with Gasteiger partial charge in [-0.1, -0.05) is 38.1 Å². The molecule has 0 amide bonds. The summed E-state index contributed by atoms with van der Waals surface area (Å²) in [4.78, 5) is 6.70. The van der Waals surface area contributed by atoms with Gasteiger partial charge in [0, 0.05) is 18.5 Å². The molecule has 1 aliphatic rings. The fraction of sp³-hybridized carbons (Fsp3) is 0.433. The summed E-state index contributed by atoms with van der Waals surface area (Å²) in [5, 5.41) is 11.6. The van der Waals surface area contributed by atoms with E-state index >= 15 is 0 Å². The number of aliphatic hydroxyl groups is 1. The summed E-state index contributed by atoms with van der Waals surface area (Å²) in [6.07, 6.45) is 3.41. The van der Waals surface area contributed by atoms with E-state index in [-0.39, 0.29) is 30.4 Å². The molecule has 1 atom stereocenters. The highest BCUT2D eigenvalue weighted by Gasteiger charge is 2.23. The molecule has 0 saturated carbocycles. The van der Waals surface area contributed by atoms with Crippen LogP contribution in [0.3, 0.4) is 0 Å². The van der Waals surface area contributed by atoms with E-state index in [0.717, 1.165) is 37.1 Å². The Bertz CT molecular complexity index is 1320. The Hall–Kier alpha value is -2.84. The number of hydrogen-bond donors (Lipinski definition) is 1. The lowest BCUT2D eigenvalue weighted by Gasteiger charge is -2.33. The number of piperidine rings is 1. The molecule has 1 fully saturated rings. The molecule has 0 bridgehead atoms. The number of aryl methyl sites for hydroxylation is 2. The van der Waals surface area contributed by atoms with Crippen LogP contribution in [0.15, 0.2) is 57.5 Å². The first-order valence-corrected chi connectivity index (χ1v) is 13.0. The maximum absolute atomic E-state index is 10.7. The normalized spacial score (nSPS) is 15.3. The maximum Gasteiger partial charge on any atom is 0.263 e. The lowest BCUT2D eigenvalue weighted by molar-refractivity contribution is 0.0599. The van der Waals surface area contributed by atoms with E-state index in [0.29, 0.717) is 35.4 Å². The number of nitrogens with zero attached hydrogens (tertiary/aromatic N) is 2. The van der Waals surface area contributed by atoms with E-state index in [9.17, 15) is 5.11 Å². The Morgan fingerprint density at radius 1 is 1.05 bits per heavy atom. The highest BCUT2D eigenvalue weighted by Crippen LogP contribution is 2.34. The first kappa shape index (κ1) is 29.7. The number of likely N-dealkylation sites (tertiary alicyclic amines) is 1. The molecule has 3 N–H and O–H groups in total. The summed E-state index contributed by atoms with van der Waals surface area (Å²) < 4.78 is 17.9. The first-order chi connectivity index (χ1) is 17.4. The van der Waals surface area contributed by atoms with Crippen molar-refractivity contribution >= 4 is 23.4 Å². The highest BCUT2D eigenvalue weighted by atomic mass is 35.5. The van der Waals surface area contributed by atoms with E-state index < -0.39 is 6.10 Å². The van der Waals surface area contributed by atoms with E-state index in [4.69, 9.17) is 13.6 Å². The maximum atomic E-state index is 10.7. The molecule has 0 radical (unpaired) electrons. The number of fused-ring (bicyclic) bond motifs is 1. The van der Waals surface area contributed by atoms with E-state index in [1.807, 2.05) is 24.3 Å². The molecule has 8 heteroatoms. The number of furan rings is 1. The van der Waals surface area contributed by atoms with Crippen LogP contribution < -0.4 is 4.74 Å². The van der Waals surface area contributed by atoms with Gasteiger partial charge in [-0.05, 0) is 74.5 Å². The lowest BCUT2D eigenvalue weighted by Crippen LogP contribution is -2.40. The summed E-state index contributed by atoms with van der Waals surface area (Å²) in [5.74, 6) is 3.40. The molecule has 7 nitrogen and oxygen atoms in total. The minimum atomic E-state index is -0.565. The molecule has 5 rings (SSSR count). The molecular weight excluding hydrogens is 504 g/mol. The number of ether oxygens (including phenoxy) is 1. The van der Waals surface area contributed by atoms with Crippen LogP contribution >= 0.6 is 12.4 Å². The third-order valence-corrected chi connectivity index (χ3v) is 7.31. The molecule has 2 aromatic carbocycles. The number of aromatic nitrogens is 1. The topological polar surface area (TPSA) is 103 Å². The van der Waals surface area contributed by atoms with Gasteiger partial charge in [0.15, 0.2) is 5.76 Å². The highest BCUT2D eigenvalue weighted by molar-refractivity contribution is 5.87. The minimum absolute atomic E-state index is 0. The minimum Gasteiger partial charge on any atom is -0.490 e. The third-order valence-electron chi connectivity index (χ3n) is 7.31. The Kier molecular flexibility index (Phi) is 10.0. The van der Waals surface area contributed by atoms with Gasteiger partial charge in [-0.2, -0.15) is 0 Å². The monoisotopic (exact) mass is 542 g/mol. The molecule has 2 aromatic heterocycles. The van der Waals surface area contributed by atoms with Gasteiger partial charge >= 0.3 is 0 Å². The van der Waals surface area contributed by atoms with Crippen molar-refractivity contribution in [3.63, 3.8) is 0 Å². The van der Waals surface area contributed by atoms with Crippen molar-refractivity contribution in [3.05, 3.63) is 71.1 Å². The second kappa shape index (κ2) is 12.8. The quantitative estimate of drug-likeness (QED) is 0.291. The largest absolute Gasteiger partial charge is 0.490 e. The molecular formula is C30H39ClN2O5. The molecule has 4 aromatic rings. The van der Waals surface area contributed by atoms with Gasteiger partial charge in [-0.15, -0.1) is 12.4 Å². The SMILES string of the molecule is Cc1ccc(C2CCN(C[C@H](O)COc3cccc4oc(-c5ncc(C(C)C)o5)cc34)CC2)cc1C.Cl.O. The van der Waals surface area contributed by atoms with Crippen molar-refractivity contribution in [1.82, 2.24) is 9.88 Å². The fourth-order valence-corrected chi connectivity index (χ4v) is 4.94. The number of β-amino-alcohol motifs (C(OH)–C–C–N with tert-alkyl or cyclic N) is 1. The van der Waals surface area contributed by atoms with Gasteiger partial charge < -0.3 is 29.1 Å². The van der Waals surface area contributed by atoms with Crippen LogP contribution in [0.2, 0.25) is 0 Å². The Morgan fingerprint density at radius 2 is 1.82 bits per heavy atom. The van der Waals surface area contributed by atoms with Gasteiger partial charge in [0.2, 0.25) is 0 Å². The number of aliphatic hydroxyl groups excluding tert-OH is 1. The summed E-state index contributed by atoms with van der Waals surface area (Å²) in [5.41, 5.74) is 4.86. The van der Waals surface area contributed by atoms with Gasteiger partial charge in [0.1, 0.15) is 29.8 Å². The summed E-state index contributed by atoms with van der Waals surface area (Å²) >= 11 is 0. The van der Waals surface area contributed by atoms with Crippen LogP contribution in [0.4, 0.5) is 0 Å². The third kappa shape index (κ3) is 6.59. The number of halogens is 1. The van der Waals surface area contributed by atoms with Crippen molar-refractivity contribution < 1.29 is 24.2 Å². The summed E-state index contributed by atoms with van der Waals surface area (Å²) in [6, 6.07) is 14.4. The molecule has 0 unspecified atom stereocenters. The predicted octanol–water partition coefficient (Wildman–Crippen LogP) is 6.04. The molecule has 0 aliphatic carbocycles. The van der Waals surface area contributed by atoms with Crippen LogP contribution in [0, 0.1) is 13.8 Å². The van der Waals surface area contributed by atoms with Crippen molar-refractivity contribution in [2.45, 2.75) is 58.5 Å². The molecule has 1 aliphatic heterocycles. The average molecular weight is 543 g/mol. The zero-order valence-electron chi connectivity index (χ0n) is 22.6. The predicted molar refractivity (Wildman–Crippen MR) is 152 cm³/mol. The fourth-order valence-electron chi connectivity index (χ4n) is 4.94. The Morgan fingerprint density at radius 3 is 2.50 bits per heavy atom. The van der Waals surface area contributed by atoms with Crippen LogP contribution in [0.5, 0.6) is 5.75 Å². The van der Waals surface area contributed by atoms with Crippen molar-refractivity contribution in [1.29, 1.82) is 0 Å².